The first-order valence-corrected chi connectivity index (χ1v) is 9.51. The Hall–Kier alpha value is -1.43. The second-order valence-corrected chi connectivity index (χ2v) is 7.61. The van der Waals surface area contributed by atoms with Crippen molar-refractivity contribution < 1.29 is 4.79 Å². The lowest BCUT2D eigenvalue weighted by Crippen LogP contribution is -2.42. The number of aryl methyl sites for hydroxylation is 1. The van der Waals surface area contributed by atoms with E-state index in [1.54, 1.807) is 5.38 Å². The maximum absolute atomic E-state index is 12.5. The molecule has 3 rings (SSSR count). The molecule has 1 amide bonds. The highest BCUT2D eigenvalue weighted by atomic mass is 35.5. The number of amides is 1. The van der Waals surface area contributed by atoms with E-state index in [1.807, 2.05) is 0 Å². The van der Waals surface area contributed by atoms with Gasteiger partial charge in [0.2, 0.25) is 0 Å². The number of rotatable bonds is 5. The summed E-state index contributed by atoms with van der Waals surface area (Å²) < 4.78 is 0. The molecule has 6 heteroatoms. The van der Waals surface area contributed by atoms with E-state index in [2.05, 4.69) is 41.5 Å². The van der Waals surface area contributed by atoms with Gasteiger partial charge >= 0.3 is 0 Å². The zero-order valence-corrected chi connectivity index (χ0v) is 16.2. The van der Waals surface area contributed by atoms with Crippen molar-refractivity contribution in [3.05, 3.63) is 51.5 Å². The molecule has 1 saturated carbocycles. The highest BCUT2D eigenvalue weighted by Crippen LogP contribution is 2.40. The normalized spacial score (nSPS) is 16.1. The lowest BCUT2D eigenvalue weighted by molar-refractivity contribution is 0.0932. The standard InChI is InChI=1S/C19H25N3OS.ClH/c1-14-7-3-4-8-15(14)19(9-5-2-6-10-19)13-21-18(23)16-12-24-17(11-20)22-16;/h3-4,7-8,12H,2,5-6,9-11,13,20H2,1H3,(H,21,23);1H. The van der Waals surface area contributed by atoms with E-state index >= 15 is 0 Å². The first-order chi connectivity index (χ1) is 11.6. The van der Waals surface area contributed by atoms with Gasteiger partial charge < -0.3 is 11.1 Å². The predicted octanol–water partition coefficient (Wildman–Crippen LogP) is 3.96. The van der Waals surface area contributed by atoms with Gasteiger partial charge in [0.25, 0.3) is 5.91 Å². The largest absolute Gasteiger partial charge is 0.350 e. The highest BCUT2D eigenvalue weighted by Gasteiger charge is 2.35. The summed E-state index contributed by atoms with van der Waals surface area (Å²) in [4.78, 5) is 16.8. The Labute approximate surface area is 159 Å². The van der Waals surface area contributed by atoms with Crippen molar-refractivity contribution in [1.29, 1.82) is 0 Å². The van der Waals surface area contributed by atoms with Crippen molar-refractivity contribution in [2.45, 2.75) is 51.0 Å². The average Bonchev–Trinajstić information content (AvgIpc) is 3.10. The zero-order valence-electron chi connectivity index (χ0n) is 14.6. The maximum Gasteiger partial charge on any atom is 0.270 e. The van der Waals surface area contributed by atoms with Crippen molar-refractivity contribution in [3.63, 3.8) is 0 Å². The lowest BCUT2D eigenvalue weighted by Gasteiger charge is -2.39. The molecule has 0 saturated heterocycles. The number of benzene rings is 1. The third kappa shape index (κ3) is 4.40. The lowest BCUT2D eigenvalue weighted by atomic mass is 9.68. The van der Waals surface area contributed by atoms with Crippen LogP contribution in [0.2, 0.25) is 0 Å². The summed E-state index contributed by atoms with van der Waals surface area (Å²) in [5.74, 6) is -0.0931. The first-order valence-electron chi connectivity index (χ1n) is 8.63. The molecular formula is C19H26ClN3OS. The number of aromatic nitrogens is 1. The fourth-order valence-corrected chi connectivity index (χ4v) is 4.44. The van der Waals surface area contributed by atoms with Crippen molar-refractivity contribution in [3.8, 4) is 0 Å². The number of carbonyl (C=O) groups is 1. The molecule has 0 unspecified atom stereocenters. The van der Waals surface area contributed by atoms with E-state index in [4.69, 9.17) is 5.73 Å². The second-order valence-electron chi connectivity index (χ2n) is 6.67. The Balaban J connectivity index is 0.00000225. The summed E-state index contributed by atoms with van der Waals surface area (Å²) in [5, 5.41) is 5.73. The molecular weight excluding hydrogens is 354 g/mol. The molecule has 0 radical (unpaired) electrons. The van der Waals surface area contributed by atoms with Crippen LogP contribution in [0.25, 0.3) is 0 Å². The van der Waals surface area contributed by atoms with Crippen LogP contribution in [0.4, 0.5) is 0 Å². The Morgan fingerprint density at radius 3 is 2.64 bits per heavy atom. The van der Waals surface area contributed by atoms with Crippen LogP contribution in [0.1, 0.15) is 58.7 Å². The number of hydrogen-bond donors (Lipinski definition) is 2. The third-order valence-corrected chi connectivity index (χ3v) is 5.94. The minimum Gasteiger partial charge on any atom is -0.350 e. The molecule has 1 aliphatic carbocycles. The summed E-state index contributed by atoms with van der Waals surface area (Å²) in [5.41, 5.74) is 8.81. The van der Waals surface area contributed by atoms with Gasteiger partial charge in [-0.1, -0.05) is 43.5 Å². The Bertz CT molecular complexity index is 710. The quantitative estimate of drug-likeness (QED) is 0.826. The van der Waals surface area contributed by atoms with Gasteiger partial charge in [0, 0.05) is 23.9 Å². The zero-order chi connectivity index (χ0) is 17.0. The van der Waals surface area contributed by atoms with E-state index < -0.39 is 0 Å². The third-order valence-electron chi connectivity index (χ3n) is 5.07. The first kappa shape index (κ1) is 19.9. The molecule has 1 fully saturated rings. The van der Waals surface area contributed by atoms with Crippen LogP contribution in [-0.4, -0.2) is 17.4 Å². The Kier molecular flexibility index (Phi) is 6.99. The summed E-state index contributed by atoms with van der Waals surface area (Å²) in [6.45, 7) is 3.22. The van der Waals surface area contributed by atoms with Gasteiger partial charge in [-0.2, -0.15) is 0 Å². The molecule has 0 aliphatic heterocycles. The van der Waals surface area contributed by atoms with Crippen LogP contribution in [0.3, 0.4) is 0 Å². The predicted molar refractivity (Wildman–Crippen MR) is 106 cm³/mol. The van der Waals surface area contributed by atoms with Crippen LogP contribution in [0.15, 0.2) is 29.6 Å². The van der Waals surface area contributed by atoms with Gasteiger partial charge in [-0.15, -0.1) is 23.7 Å². The summed E-state index contributed by atoms with van der Waals surface area (Å²) in [7, 11) is 0. The number of nitrogens with zero attached hydrogens (tertiary/aromatic N) is 1. The number of thiazole rings is 1. The number of carbonyl (C=O) groups excluding carboxylic acids is 1. The topological polar surface area (TPSA) is 68.0 Å². The number of halogens is 1. The van der Waals surface area contributed by atoms with E-state index in [1.165, 1.54) is 41.7 Å². The van der Waals surface area contributed by atoms with Crippen LogP contribution in [0.5, 0.6) is 0 Å². The van der Waals surface area contributed by atoms with Gasteiger partial charge in [0.1, 0.15) is 10.7 Å². The molecule has 0 bridgehead atoms. The molecule has 25 heavy (non-hydrogen) atoms. The van der Waals surface area contributed by atoms with Crippen molar-refractivity contribution >= 4 is 29.7 Å². The summed E-state index contributed by atoms with van der Waals surface area (Å²) >= 11 is 1.44. The van der Waals surface area contributed by atoms with Crippen molar-refractivity contribution in [2.75, 3.05) is 6.54 Å². The minimum atomic E-state index is -0.0931. The average molecular weight is 380 g/mol. The molecule has 1 aliphatic rings. The van der Waals surface area contributed by atoms with Crippen molar-refractivity contribution in [1.82, 2.24) is 10.3 Å². The Morgan fingerprint density at radius 2 is 2.00 bits per heavy atom. The van der Waals surface area contributed by atoms with Gasteiger partial charge in [-0.3, -0.25) is 4.79 Å². The van der Waals surface area contributed by atoms with Crippen LogP contribution in [0, 0.1) is 6.92 Å². The SMILES string of the molecule is Cc1ccccc1C1(CNC(=O)c2csc(CN)n2)CCCCC1.Cl. The fourth-order valence-electron chi connectivity index (χ4n) is 3.79. The van der Waals surface area contributed by atoms with Gasteiger partial charge in [-0.05, 0) is 30.9 Å². The smallest absolute Gasteiger partial charge is 0.270 e. The highest BCUT2D eigenvalue weighted by molar-refractivity contribution is 7.09. The molecule has 2 aromatic rings. The maximum atomic E-state index is 12.5. The van der Waals surface area contributed by atoms with Crippen LogP contribution in [-0.2, 0) is 12.0 Å². The molecule has 136 valence electrons. The van der Waals surface area contributed by atoms with Gasteiger partial charge in [0.15, 0.2) is 0 Å². The summed E-state index contributed by atoms with van der Waals surface area (Å²) in [6, 6.07) is 8.58. The monoisotopic (exact) mass is 379 g/mol. The summed E-state index contributed by atoms with van der Waals surface area (Å²) in [6.07, 6.45) is 5.98. The molecule has 1 heterocycles. The number of nitrogens with one attached hydrogen (secondary N) is 1. The number of hydrogen-bond acceptors (Lipinski definition) is 4. The van der Waals surface area contributed by atoms with Crippen molar-refractivity contribution in [2.24, 2.45) is 5.73 Å². The molecule has 0 spiro atoms. The van der Waals surface area contributed by atoms with Gasteiger partial charge in [-0.25, -0.2) is 4.98 Å². The minimum absolute atomic E-state index is 0. The molecule has 1 aromatic carbocycles. The van der Waals surface area contributed by atoms with Crippen LogP contribution >= 0.6 is 23.7 Å². The van der Waals surface area contributed by atoms with E-state index in [0.29, 0.717) is 18.8 Å². The molecule has 0 atom stereocenters. The fraction of sp³-hybridized carbons (Fsp3) is 0.474. The molecule has 3 N–H and O–H groups in total. The van der Waals surface area contributed by atoms with E-state index in [9.17, 15) is 4.79 Å². The van der Waals surface area contributed by atoms with Crippen LogP contribution < -0.4 is 11.1 Å². The van der Waals surface area contributed by atoms with E-state index in [0.717, 1.165) is 17.8 Å². The Morgan fingerprint density at radius 1 is 1.28 bits per heavy atom. The second kappa shape index (κ2) is 8.79. The number of nitrogens with two attached hydrogens (primary N) is 1. The van der Waals surface area contributed by atoms with Gasteiger partial charge in [0.05, 0.1) is 0 Å². The molecule has 4 nitrogen and oxygen atoms in total. The molecule has 1 aromatic heterocycles. The van der Waals surface area contributed by atoms with E-state index in [-0.39, 0.29) is 23.7 Å².